The first kappa shape index (κ1) is 17.5. The molecule has 0 aliphatic carbocycles. The standard InChI is InChI=1S/C16H14ClN3O4/c1-16(23,13-3-2-6-24-13)9-19-14(21)15(22)20-12-7-11(17)5-4-10(12)8-18/h2-7,23H,9H2,1H3,(H,19,21)(H,20,22)/t16-/m0/s1. The molecule has 1 atom stereocenters. The average Bonchev–Trinajstić information content (AvgIpc) is 3.08. The lowest BCUT2D eigenvalue weighted by Gasteiger charge is -2.20. The number of hydrogen-bond acceptors (Lipinski definition) is 5. The van der Waals surface area contributed by atoms with Crippen LogP contribution in [0.2, 0.25) is 5.02 Å². The Kier molecular flexibility index (Phi) is 5.24. The Balaban J connectivity index is 2.00. The largest absolute Gasteiger partial charge is 0.466 e. The quantitative estimate of drug-likeness (QED) is 0.729. The molecule has 8 heteroatoms. The number of rotatable bonds is 4. The van der Waals surface area contributed by atoms with E-state index in [2.05, 4.69) is 10.6 Å². The monoisotopic (exact) mass is 347 g/mol. The van der Waals surface area contributed by atoms with Crippen LogP contribution in [0, 0.1) is 11.3 Å². The summed E-state index contributed by atoms with van der Waals surface area (Å²) in [5, 5.41) is 24.1. The number of furan rings is 1. The predicted octanol–water partition coefficient (Wildman–Crippen LogP) is 1.77. The lowest BCUT2D eigenvalue weighted by atomic mass is 10.0. The summed E-state index contributed by atoms with van der Waals surface area (Å²) in [5.41, 5.74) is -1.17. The van der Waals surface area contributed by atoms with E-state index in [4.69, 9.17) is 21.3 Å². The van der Waals surface area contributed by atoms with E-state index in [1.807, 2.05) is 6.07 Å². The second-order valence-corrected chi connectivity index (χ2v) is 5.63. The summed E-state index contributed by atoms with van der Waals surface area (Å²) in [6.45, 7) is 1.21. The van der Waals surface area contributed by atoms with Gasteiger partial charge < -0.3 is 20.2 Å². The Morgan fingerprint density at radius 2 is 2.12 bits per heavy atom. The first-order valence-electron chi connectivity index (χ1n) is 6.88. The molecule has 1 aromatic heterocycles. The maximum atomic E-state index is 11.9. The molecule has 0 unspecified atom stereocenters. The smallest absolute Gasteiger partial charge is 0.313 e. The molecule has 124 valence electrons. The zero-order valence-corrected chi connectivity index (χ0v) is 13.4. The number of hydrogen-bond donors (Lipinski definition) is 3. The van der Waals surface area contributed by atoms with Crippen LogP contribution in [-0.2, 0) is 15.2 Å². The zero-order valence-electron chi connectivity index (χ0n) is 12.7. The highest BCUT2D eigenvalue weighted by Crippen LogP contribution is 2.21. The summed E-state index contributed by atoms with van der Waals surface area (Å²) in [4.78, 5) is 23.8. The fourth-order valence-corrected chi connectivity index (χ4v) is 2.07. The maximum absolute atomic E-state index is 11.9. The minimum Gasteiger partial charge on any atom is -0.466 e. The van der Waals surface area contributed by atoms with Crippen LogP contribution in [0.25, 0.3) is 0 Å². The minimum absolute atomic E-state index is 0.128. The van der Waals surface area contributed by atoms with Crippen molar-refractivity contribution in [3.63, 3.8) is 0 Å². The highest BCUT2D eigenvalue weighted by atomic mass is 35.5. The van der Waals surface area contributed by atoms with Gasteiger partial charge in [-0.2, -0.15) is 5.26 Å². The normalized spacial score (nSPS) is 12.8. The molecule has 7 nitrogen and oxygen atoms in total. The Morgan fingerprint density at radius 1 is 1.38 bits per heavy atom. The number of nitrogens with one attached hydrogen (secondary N) is 2. The maximum Gasteiger partial charge on any atom is 0.313 e. The number of benzene rings is 1. The number of anilines is 1. The lowest BCUT2D eigenvalue weighted by Crippen LogP contribution is -2.43. The third-order valence-electron chi connectivity index (χ3n) is 3.20. The van der Waals surface area contributed by atoms with E-state index in [9.17, 15) is 14.7 Å². The fraction of sp³-hybridized carbons (Fsp3) is 0.188. The van der Waals surface area contributed by atoms with E-state index in [0.717, 1.165) is 0 Å². The van der Waals surface area contributed by atoms with Gasteiger partial charge >= 0.3 is 11.8 Å². The number of halogens is 1. The lowest BCUT2D eigenvalue weighted by molar-refractivity contribution is -0.136. The molecule has 1 heterocycles. The van der Waals surface area contributed by atoms with Crippen molar-refractivity contribution in [3.05, 3.63) is 52.9 Å². The first-order valence-corrected chi connectivity index (χ1v) is 7.26. The fourth-order valence-electron chi connectivity index (χ4n) is 1.90. The molecule has 0 saturated heterocycles. The van der Waals surface area contributed by atoms with Gasteiger partial charge in [0.05, 0.1) is 24.1 Å². The van der Waals surface area contributed by atoms with Crippen molar-refractivity contribution in [2.75, 3.05) is 11.9 Å². The van der Waals surface area contributed by atoms with Crippen LogP contribution in [-0.4, -0.2) is 23.5 Å². The van der Waals surface area contributed by atoms with Gasteiger partial charge in [0, 0.05) is 5.02 Å². The van der Waals surface area contributed by atoms with Gasteiger partial charge in [-0.3, -0.25) is 9.59 Å². The number of nitrogens with zero attached hydrogens (tertiary/aromatic N) is 1. The topological polar surface area (TPSA) is 115 Å². The van der Waals surface area contributed by atoms with Gasteiger partial charge in [-0.1, -0.05) is 11.6 Å². The Bertz CT molecular complexity index is 794. The van der Waals surface area contributed by atoms with Crippen LogP contribution in [0.15, 0.2) is 41.0 Å². The molecule has 0 saturated carbocycles. The summed E-state index contributed by atoms with van der Waals surface area (Å²) in [6.07, 6.45) is 1.39. The van der Waals surface area contributed by atoms with E-state index in [-0.39, 0.29) is 23.6 Å². The van der Waals surface area contributed by atoms with Gasteiger partial charge in [0.2, 0.25) is 0 Å². The van der Waals surface area contributed by atoms with Crippen LogP contribution in [0.1, 0.15) is 18.2 Å². The Morgan fingerprint density at radius 3 is 2.75 bits per heavy atom. The van der Waals surface area contributed by atoms with E-state index in [0.29, 0.717) is 5.02 Å². The third-order valence-corrected chi connectivity index (χ3v) is 3.44. The van der Waals surface area contributed by atoms with E-state index >= 15 is 0 Å². The van der Waals surface area contributed by atoms with Crippen molar-refractivity contribution in [1.82, 2.24) is 5.32 Å². The molecule has 2 amide bonds. The molecular weight excluding hydrogens is 334 g/mol. The Labute approximate surface area is 142 Å². The molecule has 24 heavy (non-hydrogen) atoms. The Hall–Kier alpha value is -2.82. The molecule has 0 aliphatic rings. The van der Waals surface area contributed by atoms with Gasteiger partial charge in [0.15, 0.2) is 0 Å². The van der Waals surface area contributed by atoms with Gasteiger partial charge in [0.25, 0.3) is 0 Å². The summed E-state index contributed by atoms with van der Waals surface area (Å²) in [6, 6.07) is 9.33. The second kappa shape index (κ2) is 7.17. The molecule has 3 N–H and O–H groups in total. The summed E-state index contributed by atoms with van der Waals surface area (Å²) < 4.78 is 5.08. The molecule has 2 rings (SSSR count). The number of carbonyl (C=O) groups is 2. The van der Waals surface area contributed by atoms with Crippen molar-refractivity contribution in [1.29, 1.82) is 5.26 Å². The van der Waals surface area contributed by atoms with Crippen LogP contribution in [0.5, 0.6) is 0 Å². The van der Waals surface area contributed by atoms with E-state index < -0.39 is 17.4 Å². The van der Waals surface area contributed by atoms with Crippen molar-refractivity contribution in [3.8, 4) is 6.07 Å². The molecule has 0 spiro atoms. The molecule has 0 fully saturated rings. The summed E-state index contributed by atoms with van der Waals surface area (Å²) in [7, 11) is 0. The van der Waals surface area contributed by atoms with Crippen LogP contribution in [0.4, 0.5) is 5.69 Å². The van der Waals surface area contributed by atoms with Crippen molar-refractivity contribution < 1.29 is 19.1 Å². The van der Waals surface area contributed by atoms with E-state index in [1.165, 1.54) is 31.4 Å². The van der Waals surface area contributed by atoms with Crippen LogP contribution < -0.4 is 10.6 Å². The number of amides is 2. The molecule has 0 aliphatic heterocycles. The molecule has 0 radical (unpaired) electrons. The summed E-state index contributed by atoms with van der Waals surface area (Å²) >= 11 is 5.81. The minimum atomic E-state index is -1.46. The van der Waals surface area contributed by atoms with Gasteiger partial charge in [-0.05, 0) is 37.3 Å². The van der Waals surface area contributed by atoms with Crippen LogP contribution in [0.3, 0.4) is 0 Å². The van der Waals surface area contributed by atoms with Gasteiger partial charge in [-0.25, -0.2) is 0 Å². The predicted molar refractivity (Wildman–Crippen MR) is 86.1 cm³/mol. The van der Waals surface area contributed by atoms with Gasteiger partial charge in [-0.15, -0.1) is 0 Å². The molecule has 2 aromatic rings. The first-order chi connectivity index (χ1) is 11.3. The van der Waals surface area contributed by atoms with Crippen molar-refractivity contribution in [2.24, 2.45) is 0 Å². The highest BCUT2D eigenvalue weighted by molar-refractivity contribution is 6.40. The van der Waals surface area contributed by atoms with Crippen LogP contribution >= 0.6 is 11.6 Å². The van der Waals surface area contributed by atoms with Gasteiger partial charge in [0.1, 0.15) is 17.4 Å². The molecule has 0 bridgehead atoms. The number of nitriles is 1. The summed E-state index contributed by atoms with van der Waals surface area (Å²) in [5.74, 6) is -1.69. The zero-order chi connectivity index (χ0) is 17.7. The number of aliphatic hydroxyl groups is 1. The molecular formula is C16H14ClN3O4. The second-order valence-electron chi connectivity index (χ2n) is 5.19. The highest BCUT2D eigenvalue weighted by Gasteiger charge is 2.28. The van der Waals surface area contributed by atoms with E-state index in [1.54, 1.807) is 12.1 Å². The molecule has 1 aromatic carbocycles. The SMILES string of the molecule is C[C@](O)(CNC(=O)C(=O)Nc1cc(Cl)ccc1C#N)c1ccco1. The average molecular weight is 348 g/mol. The van der Waals surface area contributed by atoms with Crippen molar-refractivity contribution in [2.45, 2.75) is 12.5 Å². The number of carbonyl (C=O) groups excluding carboxylic acids is 2. The van der Waals surface area contributed by atoms with Crippen molar-refractivity contribution >= 4 is 29.1 Å². The third kappa shape index (κ3) is 4.13.